The molecule has 1 N–H and O–H groups in total. The molecule has 0 aliphatic rings. The molecule has 112 valence electrons. The Hall–Kier alpha value is -2.55. The third-order valence-corrected chi connectivity index (χ3v) is 4.03. The van der Waals surface area contributed by atoms with Gasteiger partial charge < -0.3 is 9.73 Å². The Morgan fingerprint density at radius 1 is 1.05 bits per heavy atom. The van der Waals surface area contributed by atoms with Crippen LogP contribution in [0.5, 0.6) is 0 Å². The Bertz CT molecular complexity index is 829. The molecule has 1 heterocycles. The lowest BCUT2D eigenvalue weighted by Gasteiger charge is -2.05. The van der Waals surface area contributed by atoms with E-state index in [2.05, 4.69) is 18.3 Å². The number of hydrogen-bond acceptors (Lipinski definition) is 2. The van der Waals surface area contributed by atoms with E-state index in [0.717, 1.165) is 27.8 Å². The van der Waals surface area contributed by atoms with Gasteiger partial charge in [0.25, 0.3) is 0 Å². The fourth-order valence-electron chi connectivity index (χ4n) is 2.54. The molecular formula is C19H19NO2. The molecule has 1 amide bonds. The lowest BCUT2D eigenvalue weighted by molar-refractivity contribution is -0.115. The Labute approximate surface area is 130 Å². The third-order valence-electron chi connectivity index (χ3n) is 4.03. The van der Waals surface area contributed by atoms with Crippen LogP contribution < -0.4 is 5.32 Å². The van der Waals surface area contributed by atoms with E-state index in [1.54, 1.807) is 6.26 Å². The highest BCUT2D eigenvalue weighted by Crippen LogP contribution is 2.27. The van der Waals surface area contributed by atoms with Crippen LogP contribution in [-0.2, 0) is 11.2 Å². The summed E-state index contributed by atoms with van der Waals surface area (Å²) in [5.41, 5.74) is 6.10. The van der Waals surface area contributed by atoms with E-state index in [-0.39, 0.29) is 5.91 Å². The standard InChI is InChI=1S/C19H19NO2/c1-12-4-7-16(8-5-12)20-18(21)10-15-11-22-19-14(3)13(2)6-9-17(15)19/h4-9,11H,10H2,1-3H3,(H,20,21). The number of furan rings is 1. The molecule has 3 aromatic rings. The Kier molecular flexibility index (Phi) is 3.72. The van der Waals surface area contributed by atoms with Crippen LogP contribution in [0.3, 0.4) is 0 Å². The number of benzene rings is 2. The maximum atomic E-state index is 12.2. The fourth-order valence-corrected chi connectivity index (χ4v) is 2.54. The minimum atomic E-state index is -0.0372. The number of carbonyl (C=O) groups excluding carboxylic acids is 1. The first-order chi connectivity index (χ1) is 10.5. The largest absolute Gasteiger partial charge is 0.464 e. The molecule has 0 spiro atoms. The summed E-state index contributed by atoms with van der Waals surface area (Å²) < 4.78 is 5.65. The summed E-state index contributed by atoms with van der Waals surface area (Å²) in [5, 5.41) is 3.93. The van der Waals surface area contributed by atoms with Crippen molar-refractivity contribution in [2.24, 2.45) is 0 Å². The summed E-state index contributed by atoms with van der Waals surface area (Å²) in [4.78, 5) is 12.2. The Morgan fingerprint density at radius 2 is 1.77 bits per heavy atom. The molecule has 2 aromatic carbocycles. The second kappa shape index (κ2) is 5.68. The van der Waals surface area contributed by atoms with Crippen molar-refractivity contribution in [3.05, 3.63) is 64.9 Å². The first kappa shape index (κ1) is 14.4. The molecule has 0 saturated heterocycles. The zero-order chi connectivity index (χ0) is 15.7. The number of amides is 1. The number of nitrogens with one attached hydrogen (secondary N) is 1. The van der Waals surface area contributed by atoms with Gasteiger partial charge >= 0.3 is 0 Å². The van der Waals surface area contributed by atoms with Crippen LogP contribution in [0.4, 0.5) is 5.69 Å². The molecular weight excluding hydrogens is 274 g/mol. The van der Waals surface area contributed by atoms with E-state index < -0.39 is 0 Å². The van der Waals surface area contributed by atoms with Crippen LogP contribution in [0.2, 0.25) is 0 Å². The van der Waals surface area contributed by atoms with Gasteiger partial charge in [-0.15, -0.1) is 0 Å². The molecule has 1 aromatic heterocycles. The van der Waals surface area contributed by atoms with Crippen LogP contribution in [0, 0.1) is 20.8 Å². The highest BCUT2D eigenvalue weighted by Gasteiger charge is 2.12. The molecule has 0 saturated carbocycles. The van der Waals surface area contributed by atoms with Crippen molar-refractivity contribution < 1.29 is 9.21 Å². The Balaban J connectivity index is 1.79. The predicted octanol–water partition coefficient (Wildman–Crippen LogP) is 4.54. The van der Waals surface area contributed by atoms with E-state index in [4.69, 9.17) is 4.42 Å². The first-order valence-corrected chi connectivity index (χ1v) is 7.37. The van der Waals surface area contributed by atoms with Gasteiger partial charge in [0.05, 0.1) is 12.7 Å². The van der Waals surface area contributed by atoms with Crippen molar-refractivity contribution in [3.63, 3.8) is 0 Å². The maximum absolute atomic E-state index is 12.2. The molecule has 3 heteroatoms. The van der Waals surface area contributed by atoms with Crippen molar-refractivity contribution >= 4 is 22.6 Å². The van der Waals surface area contributed by atoms with E-state index in [0.29, 0.717) is 6.42 Å². The van der Waals surface area contributed by atoms with E-state index in [1.807, 2.05) is 44.2 Å². The van der Waals surface area contributed by atoms with E-state index in [9.17, 15) is 4.79 Å². The van der Waals surface area contributed by atoms with Crippen LogP contribution in [-0.4, -0.2) is 5.91 Å². The van der Waals surface area contributed by atoms with Crippen molar-refractivity contribution in [3.8, 4) is 0 Å². The van der Waals surface area contributed by atoms with Crippen molar-refractivity contribution in [1.82, 2.24) is 0 Å². The SMILES string of the molecule is Cc1ccc(NC(=O)Cc2coc3c(C)c(C)ccc23)cc1. The van der Waals surface area contributed by atoms with Crippen molar-refractivity contribution in [2.45, 2.75) is 27.2 Å². The van der Waals surface area contributed by atoms with Crippen molar-refractivity contribution in [1.29, 1.82) is 0 Å². The van der Waals surface area contributed by atoms with E-state index in [1.165, 1.54) is 11.1 Å². The normalized spacial score (nSPS) is 10.9. The summed E-state index contributed by atoms with van der Waals surface area (Å²) in [5.74, 6) is -0.0372. The fraction of sp³-hybridized carbons (Fsp3) is 0.211. The monoisotopic (exact) mass is 293 g/mol. The molecule has 3 rings (SSSR count). The average Bonchev–Trinajstić information content (AvgIpc) is 2.89. The number of carbonyl (C=O) groups is 1. The van der Waals surface area contributed by atoms with Gasteiger partial charge in [0.1, 0.15) is 5.58 Å². The first-order valence-electron chi connectivity index (χ1n) is 7.37. The van der Waals surface area contributed by atoms with Gasteiger partial charge in [-0.25, -0.2) is 0 Å². The van der Waals surface area contributed by atoms with Crippen molar-refractivity contribution in [2.75, 3.05) is 5.32 Å². The zero-order valence-corrected chi connectivity index (χ0v) is 13.1. The number of aryl methyl sites for hydroxylation is 3. The van der Waals surface area contributed by atoms with Crippen LogP contribution in [0.15, 0.2) is 47.1 Å². The smallest absolute Gasteiger partial charge is 0.228 e. The zero-order valence-electron chi connectivity index (χ0n) is 13.1. The summed E-state index contributed by atoms with van der Waals surface area (Å²) >= 11 is 0. The molecule has 0 aliphatic heterocycles. The van der Waals surface area contributed by atoms with Gasteiger partial charge in [0.2, 0.25) is 5.91 Å². The van der Waals surface area contributed by atoms with Gasteiger partial charge in [0, 0.05) is 16.6 Å². The summed E-state index contributed by atoms with van der Waals surface area (Å²) in [6.07, 6.45) is 2.00. The topological polar surface area (TPSA) is 42.2 Å². The number of fused-ring (bicyclic) bond motifs is 1. The lowest BCUT2D eigenvalue weighted by atomic mass is 10.0. The van der Waals surface area contributed by atoms with Crippen LogP contribution in [0.25, 0.3) is 11.0 Å². The minimum absolute atomic E-state index is 0.0372. The van der Waals surface area contributed by atoms with Gasteiger partial charge in [-0.05, 0) is 44.0 Å². The Morgan fingerprint density at radius 3 is 2.50 bits per heavy atom. The molecule has 0 unspecified atom stereocenters. The number of rotatable bonds is 3. The van der Waals surface area contributed by atoms with Gasteiger partial charge in [-0.1, -0.05) is 29.8 Å². The predicted molar refractivity (Wildman–Crippen MR) is 89.2 cm³/mol. The summed E-state index contributed by atoms with van der Waals surface area (Å²) in [7, 11) is 0. The molecule has 0 radical (unpaired) electrons. The molecule has 22 heavy (non-hydrogen) atoms. The summed E-state index contributed by atoms with van der Waals surface area (Å²) in [6.45, 7) is 6.12. The minimum Gasteiger partial charge on any atom is -0.464 e. The quantitative estimate of drug-likeness (QED) is 0.770. The highest BCUT2D eigenvalue weighted by molar-refractivity contribution is 5.95. The average molecular weight is 293 g/mol. The van der Waals surface area contributed by atoms with E-state index >= 15 is 0 Å². The van der Waals surface area contributed by atoms with Gasteiger partial charge in [-0.3, -0.25) is 4.79 Å². The van der Waals surface area contributed by atoms with Gasteiger partial charge in [0.15, 0.2) is 0 Å². The van der Waals surface area contributed by atoms with Gasteiger partial charge in [-0.2, -0.15) is 0 Å². The molecule has 0 fully saturated rings. The number of hydrogen-bond donors (Lipinski definition) is 1. The maximum Gasteiger partial charge on any atom is 0.228 e. The highest BCUT2D eigenvalue weighted by atomic mass is 16.3. The van der Waals surface area contributed by atoms with Crippen LogP contribution in [0.1, 0.15) is 22.3 Å². The number of anilines is 1. The summed E-state index contributed by atoms with van der Waals surface area (Å²) in [6, 6.07) is 11.9. The second-order valence-corrected chi connectivity index (χ2v) is 5.74. The third kappa shape index (κ3) is 2.75. The molecule has 0 aliphatic carbocycles. The second-order valence-electron chi connectivity index (χ2n) is 5.74. The lowest BCUT2D eigenvalue weighted by Crippen LogP contribution is -2.14. The molecule has 0 bridgehead atoms. The molecule has 0 atom stereocenters. The van der Waals surface area contributed by atoms with Crippen LogP contribution >= 0.6 is 0 Å². The molecule has 3 nitrogen and oxygen atoms in total.